The van der Waals surface area contributed by atoms with E-state index in [1.165, 1.54) is 53.5 Å². The molecule has 4 heterocycles. The first-order valence-electron chi connectivity index (χ1n) is 18.3. The Labute approximate surface area is 286 Å². The molecule has 6 aliphatic rings. The number of nitrogens with one attached hydrogen (secondary N) is 1. The minimum Gasteiger partial charge on any atom is -0.497 e. The molecule has 0 bridgehead atoms. The molecule has 2 amide bonds. The number of carbonyl (C=O) groups is 2. The Kier molecular flexibility index (Phi) is 7.02. The minimum atomic E-state index is -1.46. The largest absolute Gasteiger partial charge is 0.497 e. The molecule has 3 aliphatic heterocycles. The lowest BCUT2D eigenvalue weighted by molar-refractivity contribution is -0.198. The van der Waals surface area contributed by atoms with Gasteiger partial charge in [-0.2, -0.15) is 0 Å². The summed E-state index contributed by atoms with van der Waals surface area (Å²) in [7, 11) is 2.47. The molecule has 9 heteroatoms. The molecule has 0 radical (unpaired) electrons. The zero-order chi connectivity index (χ0) is 33.1. The van der Waals surface area contributed by atoms with Crippen LogP contribution in [0.3, 0.4) is 0 Å². The second kappa shape index (κ2) is 10.9. The molecule has 48 heavy (non-hydrogen) atoms. The summed E-state index contributed by atoms with van der Waals surface area (Å²) >= 11 is 0. The summed E-state index contributed by atoms with van der Waals surface area (Å²) in [6, 6.07) is 13.2. The number of hydrogen-bond donors (Lipinski definition) is 1. The number of nitrogens with zero attached hydrogens (tertiary/aromatic N) is 3. The molecule has 2 saturated heterocycles. The first kappa shape index (κ1) is 30.9. The molecular weight excluding hydrogens is 621 g/mol. The predicted octanol–water partition coefficient (Wildman–Crippen LogP) is 6.35. The van der Waals surface area contributed by atoms with E-state index in [1.54, 1.807) is 7.11 Å². The fourth-order valence-electron chi connectivity index (χ4n) is 10.6. The van der Waals surface area contributed by atoms with E-state index < -0.39 is 16.4 Å². The van der Waals surface area contributed by atoms with Crippen molar-refractivity contribution in [3.05, 3.63) is 53.1 Å². The van der Waals surface area contributed by atoms with Crippen LogP contribution in [0.2, 0.25) is 0 Å². The van der Waals surface area contributed by atoms with Gasteiger partial charge in [0.25, 0.3) is 5.91 Å². The zero-order valence-electron chi connectivity index (χ0n) is 28.7. The lowest BCUT2D eigenvalue weighted by atomic mass is 9.53. The number of rotatable bonds is 7. The second-order valence-corrected chi connectivity index (χ2v) is 17.5. The predicted molar refractivity (Wildman–Crippen MR) is 188 cm³/mol. The topological polar surface area (TPSA) is 83.9 Å². The fraction of sp³-hybridized carbons (Fsp3) is 0.590. The number of benzene rings is 2. The first-order valence-corrected chi connectivity index (χ1v) is 19.5. The van der Waals surface area contributed by atoms with Crippen molar-refractivity contribution in [3.63, 3.8) is 0 Å². The first-order chi connectivity index (χ1) is 23.2. The number of methoxy groups -OCH3 is 1. The average Bonchev–Trinajstić information content (AvgIpc) is 3.64. The molecule has 3 aliphatic carbocycles. The Morgan fingerprint density at radius 3 is 2.60 bits per heavy atom. The Morgan fingerprint density at radius 1 is 1.06 bits per heavy atom. The molecule has 1 N–H and O–H groups in total. The summed E-state index contributed by atoms with van der Waals surface area (Å²) in [6.45, 7) is 6.55. The zero-order valence-corrected chi connectivity index (χ0v) is 29.5. The highest BCUT2D eigenvalue weighted by Gasteiger charge is 2.74. The second-order valence-electron chi connectivity index (χ2n) is 15.9. The Bertz CT molecular complexity index is 1880. The van der Waals surface area contributed by atoms with E-state index in [1.807, 2.05) is 26.0 Å². The van der Waals surface area contributed by atoms with E-state index >= 15 is 4.79 Å². The van der Waals surface area contributed by atoms with Crippen molar-refractivity contribution in [2.45, 2.75) is 107 Å². The standard InChI is InChI=1S/C39H48N4O4S/c1-5-23(2)48(46)40-36(44)25-11-13-28-31(17-25)42-22-39(37(45)43-32-15-16-38(32)21-41(3)20-33(38)43)19-30(39)29-18-26(47-4)12-14-27(29)35(42)34(28)24-9-7-6-8-10-24/h11-14,17-18,23-24,30,32-33H,5-10,15-16,19-22H2,1-4H3,(H,40,44). The van der Waals surface area contributed by atoms with Crippen LogP contribution in [0.4, 0.5) is 0 Å². The maximum absolute atomic E-state index is 15.1. The van der Waals surface area contributed by atoms with Crippen molar-refractivity contribution in [2.24, 2.45) is 10.8 Å². The number of fused-ring (bicyclic) bond motifs is 7. The van der Waals surface area contributed by atoms with E-state index in [4.69, 9.17) is 4.74 Å². The molecule has 9 rings (SSSR count). The Hall–Kier alpha value is -3.17. The summed E-state index contributed by atoms with van der Waals surface area (Å²) in [5, 5.41) is 1.06. The molecule has 1 spiro atoms. The number of aromatic nitrogens is 1. The minimum absolute atomic E-state index is 0.123. The van der Waals surface area contributed by atoms with Gasteiger partial charge in [-0.1, -0.05) is 32.3 Å². The van der Waals surface area contributed by atoms with Gasteiger partial charge in [0.15, 0.2) is 0 Å². The van der Waals surface area contributed by atoms with Crippen molar-refractivity contribution >= 4 is 33.7 Å². The molecule has 5 fully saturated rings. The van der Waals surface area contributed by atoms with Crippen molar-refractivity contribution < 1.29 is 18.5 Å². The summed E-state index contributed by atoms with van der Waals surface area (Å²) in [4.78, 5) is 33.4. The van der Waals surface area contributed by atoms with Crippen LogP contribution in [0.15, 0.2) is 36.4 Å². The van der Waals surface area contributed by atoms with Gasteiger partial charge >= 0.3 is 0 Å². The van der Waals surface area contributed by atoms with Crippen LogP contribution in [-0.4, -0.2) is 75.0 Å². The van der Waals surface area contributed by atoms with Gasteiger partial charge in [0, 0.05) is 59.0 Å². The van der Waals surface area contributed by atoms with Crippen molar-refractivity contribution in [2.75, 3.05) is 27.2 Å². The lowest BCUT2D eigenvalue weighted by Crippen LogP contribution is -2.78. The van der Waals surface area contributed by atoms with Crippen molar-refractivity contribution in [1.82, 2.24) is 19.1 Å². The number of piperidine rings is 1. The molecule has 254 valence electrons. The van der Waals surface area contributed by atoms with Gasteiger partial charge in [0.1, 0.15) is 16.7 Å². The van der Waals surface area contributed by atoms with Crippen molar-refractivity contribution in [3.8, 4) is 17.0 Å². The molecule has 2 aromatic carbocycles. The molecule has 3 saturated carbocycles. The highest BCUT2D eigenvalue weighted by Crippen LogP contribution is 2.69. The average molecular weight is 669 g/mol. The van der Waals surface area contributed by atoms with Crippen LogP contribution in [0, 0.1) is 10.8 Å². The number of carbonyl (C=O) groups excluding carboxylic acids is 2. The number of ether oxygens (including phenoxy) is 1. The van der Waals surface area contributed by atoms with Gasteiger partial charge in [-0.15, -0.1) is 0 Å². The SMILES string of the molecule is CCC(C)S(=O)NC(=O)c1ccc2c(C3CCCCC3)c3n(c2c1)CC1(C(=O)N2C4CCC45CN(C)CC25)CC1c1cc(OC)ccc1-3. The van der Waals surface area contributed by atoms with E-state index in [-0.39, 0.29) is 17.1 Å². The van der Waals surface area contributed by atoms with Crippen LogP contribution in [-0.2, 0) is 22.3 Å². The summed E-state index contributed by atoms with van der Waals surface area (Å²) in [6.07, 6.45) is 9.89. The van der Waals surface area contributed by atoms with Gasteiger partial charge in [-0.3, -0.25) is 14.3 Å². The van der Waals surface area contributed by atoms with Gasteiger partial charge in [-0.25, -0.2) is 4.21 Å². The maximum Gasteiger partial charge on any atom is 0.263 e. The highest BCUT2D eigenvalue weighted by atomic mass is 32.2. The van der Waals surface area contributed by atoms with Gasteiger partial charge < -0.3 is 19.1 Å². The number of likely N-dealkylation sites (N-methyl/N-ethyl adjacent to an activating group) is 1. The third-order valence-corrected chi connectivity index (χ3v) is 15.0. The summed E-state index contributed by atoms with van der Waals surface area (Å²) < 4.78 is 23.8. The highest BCUT2D eigenvalue weighted by molar-refractivity contribution is 7.84. The molecule has 7 atom stereocenters. The Morgan fingerprint density at radius 2 is 1.88 bits per heavy atom. The van der Waals surface area contributed by atoms with Crippen LogP contribution >= 0.6 is 0 Å². The third kappa shape index (κ3) is 4.18. The monoisotopic (exact) mass is 668 g/mol. The molecular formula is C39H48N4O4S. The summed E-state index contributed by atoms with van der Waals surface area (Å²) in [5.74, 6) is 1.40. The van der Waals surface area contributed by atoms with E-state index in [0.717, 1.165) is 56.5 Å². The molecule has 8 nitrogen and oxygen atoms in total. The third-order valence-electron chi connectivity index (χ3n) is 13.5. The van der Waals surface area contributed by atoms with Crippen molar-refractivity contribution in [1.29, 1.82) is 0 Å². The van der Waals surface area contributed by atoms with Gasteiger partial charge in [0.05, 0.1) is 29.5 Å². The quantitative estimate of drug-likeness (QED) is 0.318. The Balaban J connectivity index is 1.21. The fourth-order valence-corrected chi connectivity index (χ4v) is 11.5. The van der Waals surface area contributed by atoms with Crippen LogP contribution in [0.5, 0.6) is 5.75 Å². The van der Waals surface area contributed by atoms with Crippen LogP contribution in [0.1, 0.15) is 105 Å². The normalized spacial score (nSPS) is 31.6. The van der Waals surface area contributed by atoms with E-state index in [9.17, 15) is 9.00 Å². The number of hydrogen-bond acceptors (Lipinski definition) is 5. The maximum atomic E-state index is 15.1. The van der Waals surface area contributed by atoms with Gasteiger partial charge in [0.2, 0.25) is 5.91 Å². The van der Waals surface area contributed by atoms with Crippen LogP contribution in [0.25, 0.3) is 22.2 Å². The van der Waals surface area contributed by atoms with E-state index in [0.29, 0.717) is 41.4 Å². The molecule has 1 aromatic heterocycles. The molecule has 7 unspecified atom stereocenters. The summed E-state index contributed by atoms with van der Waals surface area (Å²) in [5.41, 5.74) is 6.32. The lowest BCUT2D eigenvalue weighted by Gasteiger charge is -2.68. The van der Waals surface area contributed by atoms with Crippen LogP contribution < -0.4 is 9.46 Å². The molecule has 3 aromatic rings. The smallest absolute Gasteiger partial charge is 0.263 e. The van der Waals surface area contributed by atoms with E-state index in [2.05, 4.69) is 50.4 Å². The van der Waals surface area contributed by atoms with Gasteiger partial charge in [-0.05, 0) is 99.9 Å². The number of amides is 2. The number of likely N-dealkylation sites (tertiary alicyclic amines) is 2.